The number of amides is 3. The number of aromatic amines is 1. The third-order valence-electron chi connectivity index (χ3n) is 10.9. The van der Waals surface area contributed by atoms with Crippen LogP contribution in [0.15, 0.2) is 85.1 Å². The lowest BCUT2D eigenvalue weighted by Crippen LogP contribution is -2.60. The first-order valence-electron chi connectivity index (χ1n) is 17.2. The number of aromatic nitrogens is 1. The molecule has 2 atom stereocenters. The van der Waals surface area contributed by atoms with Crippen molar-refractivity contribution in [2.75, 3.05) is 6.54 Å². The number of ether oxygens (including phenoxy) is 1. The van der Waals surface area contributed by atoms with Crippen LogP contribution in [0.1, 0.15) is 76.9 Å². The number of carbonyl (C=O) groups is 4. The third kappa shape index (κ3) is 6.77. The number of benzene rings is 3. The molecule has 5 N–H and O–H groups in total. The first-order chi connectivity index (χ1) is 23.7. The monoisotopic (exact) mass is 662 g/mol. The molecule has 0 aliphatic heterocycles. The maximum absolute atomic E-state index is 14.3. The molecule has 8 rings (SSSR count). The van der Waals surface area contributed by atoms with Crippen LogP contribution in [0.5, 0.6) is 0 Å². The summed E-state index contributed by atoms with van der Waals surface area (Å²) < 4.78 is 6.16. The van der Waals surface area contributed by atoms with Crippen molar-refractivity contribution >= 4 is 34.8 Å². The van der Waals surface area contributed by atoms with Crippen molar-refractivity contribution in [1.82, 2.24) is 20.9 Å². The Morgan fingerprint density at radius 1 is 0.857 bits per heavy atom. The number of aromatic carboxylic acids is 1. The van der Waals surface area contributed by atoms with Gasteiger partial charge in [0.15, 0.2) is 0 Å². The van der Waals surface area contributed by atoms with Gasteiger partial charge in [-0.25, -0.2) is 9.59 Å². The molecule has 0 spiro atoms. The molecular weight excluding hydrogens is 620 g/mol. The highest BCUT2D eigenvalue weighted by Gasteiger charge is 2.50. The first kappa shape index (κ1) is 32.4. The number of carboxylic acids is 1. The molecule has 1 heterocycles. The van der Waals surface area contributed by atoms with Gasteiger partial charge in [-0.3, -0.25) is 9.59 Å². The molecule has 4 aliphatic carbocycles. The Balaban J connectivity index is 1.11. The van der Waals surface area contributed by atoms with Crippen molar-refractivity contribution in [1.29, 1.82) is 0 Å². The summed E-state index contributed by atoms with van der Waals surface area (Å²) in [6, 6.07) is 22.2. The van der Waals surface area contributed by atoms with Gasteiger partial charge in [0.1, 0.15) is 11.6 Å². The van der Waals surface area contributed by atoms with E-state index in [-0.39, 0.29) is 30.2 Å². The van der Waals surface area contributed by atoms with Crippen LogP contribution >= 0.6 is 0 Å². The standard InChI is InChI=1S/C39H42N4O6/c1-39(20-28-21-40-32-14-8-7-11-29(28)32,43-38(48)49-34-26-16-23-15-24(18-26)19-27(34)17-23)37(47)41-22-33(25-9-3-2-4-10-25)42-35(44)30-12-5-6-13-31(30)36(45)46/h2-14,21,23-24,26-27,33-34,40H,15-20,22H2,1H3,(H,41,47)(H,42,44)(H,43,48)(H,45,46)/t23?,24?,26?,27?,33-,34?,39+/m0/s1. The van der Waals surface area contributed by atoms with E-state index >= 15 is 0 Å². The lowest BCUT2D eigenvalue weighted by molar-refractivity contribution is -0.127. The second-order valence-corrected chi connectivity index (χ2v) is 14.3. The quantitative estimate of drug-likeness (QED) is 0.133. The summed E-state index contributed by atoms with van der Waals surface area (Å²) in [7, 11) is 0. The van der Waals surface area contributed by atoms with Gasteiger partial charge in [-0.05, 0) is 92.0 Å². The molecule has 0 unspecified atom stereocenters. The number of carboxylic acid groups (broad SMARTS) is 1. The average Bonchev–Trinajstić information content (AvgIpc) is 3.50. The van der Waals surface area contributed by atoms with Crippen molar-refractivity contribution in [3.8, 4) is 0 Å². The molecule has 3 amide bonds. The van der Waals surface area contributed by atoms with Gasteiger partial charge in [0.05, 0.1) is 17.2 Å². The fraction of sp³-hybridized carbons (Fsp3) is 0.385. The van der Waals surface area contributed by atoms with Crippen molar-refractivity contribution in [3.63, 3.8) is 0 Å². The highest BCUT2D eigenvalue weighted by atomic mass is 16.6. The predicted molar refractivity (Wildman–Crippen MR) is 184 cm³/mol. The van der Waals surface area contributed by atoms with Crippen LogP contribution in [-0.2, 0) is 16.0 Å². The van der Waals surface area contributed by atoms with Crippen molar-refractivity contribution in [2.45, 2.75) is 63.1 Å². The summed E-state index contributed by atoms with van der Waals surface area (Å²) >= 11 is 0. The predicted octanol–water partition coefficient (Wildman–Crippen LogP) is 6.01. The van der Waals surface area contributed by atoms with E-state index in [1.54, 1.807) is 19.1 Å². The van der Waals surface area contributed by atoms with E-state index in [0.717, 1.165) is 59.5 Å². The van der Waals surface area contributed by atoms with E-state index in [1.165, 1.54) is 18.6 Å². The third-order valence-corrected chi connectivity index (χ3v) is 10.9. The molecule has 4 bridgehead atoms. The van der Waals surface area contributed by atoms with Crippen LogP contribution in [0.3, 0.4) is 0 Å². The van der Waals surface area contributed by atoms with Crippen molar-refractivity contribution < 1.29 is 29.0 Å². The lowest BCUT2D eigenvalue weighted by atomic mass is 9.55. The highest BCUT2D eigenvalue weighted by molar-refractivity contribution is 6.05. The van der Waals surface area contributed by atoms with Gasteiger partial charge in [-0.1, -0.05) is 60.7 Å². The molecule has 4 aromatic rings. The Kier molecular flexibility index (Phi) is 8.88. The number of hydrogen-bond donors (Lipinski definition) is 5. The van der Waals surface area contributed by atoms with Crippen LogP contribution in [0.2, 0.25) is 0 Å². The van der Waals surface area contributed by atoms with E-state index in [0.29, 0.717) is 11.8 Å². The molecule has 0 saturated heterocycles. The van der Waals surface area contributed by atoms with Gasteiger partial charge in [0, 0.05) is 30.1 Å². The fourth-order valence-electron chi connectivity index (χ4n) is 8.72. The minimum absolute atomic E-state index is 0.0143. The number of alkyl carbamates (subject to hydrolysis) is 1. The number of rotatable bonds is 11. The number of hydrogen-bond acceptors (Lipinski definition) is 5. The Labute approximate surface area is 285 Å². The zero-order valence-corrected chi connectivity index (χ0v) is 27.5. The number of carbonyl (C=O) groups excluding carboxylic acids is 3. The Hall–Kier alpha value is -5.12. The molecule has 4 fully saturated rings. The Morgan fingerprint density at radius 3 is 2.18 bits per heavy atom. The SMILES string of the molecule is C[C@](Cc1c[nH]c2ccccc12)(NC(=O)OC1C2CC3CC(C2)CC1C3)C(=O)NC[C@H](NC(=O)c1ccccc1C(=O)O)c1ccccc1. The minimum atomic E-state index is -1.41. The van der Waals surface area contributed by atoms with Crippen LogP contribution in [0.25, 0.3) is 10.9 Å². The topological polar surface area (TPSA) is 150 Å². The second-order valence-electron chi connectivity index (χ2n) is 14.3. The molecule has 1 aromatic heterocycles. The van der Waals surface area contributed by atoms with Crippen molar-refractivity contribution in [2.24, 2.45) is 23.7 Å². The number of para-hydroxylation sites is 1. The highest BCUT2D eigenvalue weighted by Crippen LogP contribution is 2.54. The maximum Gasteiger partial charge on any atom is 0.408 e. The fourth-order valence-corrected chi connectivity index (χ4v) is 8.72. The second kappa shape index (κ2) is 13.4. The largest absolute Gasteiger partial charge is 0.478 e. The van der Waals surface area contributed by atoms with Crippen molar-refractivity contribution in [3.05, 3.63) is 107 Å². The number of H-pyrrole nitrogens is 1. The number of fused-ring (bicyclic) bond motifs is 1. The molecule has 4 saturated carbocycles. The summed E-state index contributed by atoms with van der Waals surface area (Å²) in [5.74, 6) is -0.0247. The van der Waals surface area contributed by atoms with E-state index in [9.17, 15) is 24.3 Å². The van der Waals surface area contributed by atoms with E-state index < -0.39 is 35.5 Å². The normalized spacial score (nSPS) is 24.1. The summed E-state index contributed by atoms with van der Waals surface area (Å²) in [5.41, 5.74) is 0.988. The molecular formula is C39H42N4O6. The summed E-state index contributed by atoms with van der Waals surface area (Å²) in [4.78, 5) is 56.4. The number of nitrogens with one attached hydrogen (secondary N) is 4. The van der Waals surface area contributed by atoms with Crippen LogP contribution < -0.4 is 16.0 Å². The van der Waals surface area contributed by atoms with Gasteiger partial charge in [-0.15, -0.1) is 0 Å². The smallest absolute Gasteiger partial charge is 0.408 e. The molecule has 10 nitrogen and oxygen atoms in total. The zero-order valence-electron chi connectivity index (χ0n) is 27.5. The van der Waals surface area contributed by atoms with Gasteiger partial charge < -0.3 is 30.8 Å². The molecule has 49 heavy (non-hydrogen) atoms. The Bertz CT molecular complexity index is 1840. The summed E-state index contributed by atoms with van der Waals surface area (Å²) in [6.45, 7) is 1.68. The molecule has 254 valence electrons. The first-order valence-corrected chi connectivity index (χ1v) is 17.2. The van der Waals surface area contributed by atoms with Gasteiger partial charge in [-0.2, -0.15) is 0 Å². The van der Waals surface area contributed by atoms with Crippen LogP contribution in [0.4, 0.5) is 4.79 Å². The van der Waals surface area contributed by atoms with E-state index in [1.807, 2.05) is 60.8 Å². The lowest BCUT2D eigenvalue weighted by Gasteiger charge is -2.53. The average molecular weight is 663 g/mol. The minimum Gasteiger partial charge on any atom is -0.478 e. The molecule has 10 heteroatoms. The van der Waals surface area contributed by atoms with Crippen LogP contribution in [-0.4, -0.2) is 52.2 Å². The van der Waals surface area contributed by atoms with Crippen LogP contribution in [0, 0.1) is 23.7 Å². The van der Waals surface area contributed by atoms with E-state index in [4.69, 9.17) is 4.74 Å². The summed E-state index contributed by atoms with van der Waals surface area (Å²) in [5, 5.41) is 19.5. The summed E-state index contributed by atoms with van der Waals surface area (Å²) in [6.07, 6.45) is 6.99. The molecule has 0 radical (unpaired) electrons. The zero-order chi connectivity index (χ0) is 34.1. The van der Waals surface area contributed by atoms with E-state index in [2.05, 4.69) is 20.9 Å². The Morgan fingerprint density at radius 2 is 1.49 bits per heavy atom. The van der Waals surface area contributed by atoms with Gasteiger partial charge >= 0.3 is 12.1 Å². The van der Waals surface area contributed by atoms with Gasteiger partial charge in [0.2, 0.25) is 5.91 Å². The molecule has 4 aliphatic rings. The molecule has 3 aromatic carbocycles. The maximum atomic E-state index is 14.3. The van der Waals surface area contributed by atoms with Gasteiger partial charge in [0.25, 0.3) is 5.91 Å².